The third-order valence-electron chi connectivity index (χ3n) is 1.53. The Balaban J connectivity index is 4.48. The molecule has 6 nitrogen and oxygen atoms in total. The van der Waals surface area contributed by atoms with Gasteiger partial charge in [0.15, 0.2) is 0 Å². The molecule has 0 aromatic rings. The Kier molecular flexibility index (Phi) is 5.95. The van der Waals surface area contributed by atoms with Crippen molar-refractivity contribution in [2.24, 2.45) is 0 Å². The molecule has 0 spiro atoms. The molecule has 0 bridgehead atoms. The minimum Gasteiger partial charge on any atom is -0.480 e. The van der Waals surface area contributed by atoms with Crippen LogP contribution in [0.1, 0.15) is 20.8 Å². The summed E-state index contributed by atoms with van der Waals surface area (Å²) in [6.07, 6.45) is 0. The van der Waals surface area contributed by atoms with Gasteiger partial charge in [-0.2, -0.15) is 0 Å². The number of hydrogen-bond donors (Lipinski definition) is 1. The van der Waals surface area contributed by atoms with Crippen molar-refractivity contribution < 1.29 is 24.2 Å². The number of aliphatic carboxylic acids is 1. The van der Waals surface area contributed by atoms with E-state index in [0.29, 0.717) is 0 Å². The minimum atomic E-state index is -1.22. The number of ether oxygens (including phenoxy) is 1. The van der Waals surface area contributed by atoms with Gasteiger partial charge < -0.3 is 14.7 Å². The van der Waals surface area contributed by atoms with Gasteiger partial charge in [0, 0.05) is 0 Å². The zero-order valence-electron chi connectivity index (χ0n) is 10.0. The first kappa shape index (κ1) is 15.7. The smallest absolute Gasteiger partial charge is 0.326 e. The van der Waals surface area contributed by atoms with Crippen LogP contribution in [-0.4, -0.2) is 52.4 Å². The first-order valence-electron chi connectivity index (χ1n) is 4.93. The molecule has 0 aliphatic rings. The van der Waals surface area contributed by atoms with Gasteiger partial charge in [0.05, 0.1) is 0 Å². The molecule has 7 heteroatoms. The van der Waals surface area contributed by atoms with Crippen molar-refractivity contribution in [1.82, 2.24) is 4.90 Å². The van der Waals surface area contributed by atoms with Crippen LogP contribution in [0.25, 0.3) is 0 Å². The fraction of sp³-hybridized carbons (Fsp3) is 0.700. The normalized spacial score (nSPS) is 10.8. The van der Waals surface area contributed by atoms with Gasteiger partial charge >= 0.3 is 11.9 Å². The van der Waals surface area contributed by atoms with E-state index >= 15 is 0 Å². The summed E-state index contributed by atoms with van der Waals surface area (Å²) in [4.78, 5) is 34.0. The maximum atomic E-state index is 11.4. The molecule has 0 radical (unpaired) electrons. The van der Waals surface area contributed by atoms with Gasteiger partial charge in [-0.1, -0.05) is 0 Å². The van der Waals surface area contributed by atoms with Gasteiger partial charge in [0.25, 0.3) is 0 Å². The quantitative estimate of drug-likeness (QED) is 0.577. The summed E-state index contributed by atoms with van der Waals surface area (Å²) in [7, 11) is 0. The summed E-state index contributed by atoms with van der Waals surface area (Å²) in [6.45, 7) is 4.03. The maximum absolute atomic E-state index is 11.4. The van der Waals surface area contributed by atoms with Crippen molar-refractivity contribution in [3.05, 3.63) is 0 Å². The van der Waals surface area contributed by atoms with Crippen LogP contribution in [0.2, 0.25) is 0 Å². The van der Waals surface area contributed by atoms with Gasteiger partial charge in [-0.05, 0) is 20.8 Å². The molecule has 1 N–H and O–H groups in total. The van der Waals surface area contributed by atoms with Gasteiger partial charge in [-0.25, -0.2) is 0 Å². The van der Waals surface area contributed by atoms with Crippen LogP contribution in [0.3, 0.4) is 0 Å². The standard InChI is InChI=1S/C10H16ClNO5/c1-10(2,3)17-9(16)6-12(5-8(14)15)7(13)4-11/h4-6H2,1-3H3,(H,14,15). The molecule has 0 heterocycles. The average molecular weight is 266 g/mol. The lowest BCUT2D eigenvalue weighted by Gasteiger charge is -2.23. The topological polar surface area (TPSA) is 83.9 Å². The zero-order valence-corrected chi connectivity index (χ0v) is 10.8. The number of hydrogen-bond acceptors (Lipinski definition) is 4. The number of carboxylic acid groups (broad SMARTS) is 1. The summed E-state index contributed by atoms with van der Waals surface area (Å²) in [6, 6.07) is 0. The molecule has 0 rings (SSSR count). The van der Waals surface area contributed by atoms with Crippen molar-refractivity contribution in [3.63, 3.8) is 0 Å². The molecule has 0 aliphatic heterocycles. The Morgan fingerprint density at radius 2 is 1.76 bits per heavy atom. The average Bonchev–Trinajstić information content (AvgIpc) is 2.11. The third kappa shape index (κ3) is 7.57. The highest BCUT2D eigenvalue weighted by Gasteiger charge is 2.23. The molecule has 0 unspecified atom stereocenters. The Bertz CT molecular complexity index is 310. The van der Waals surface area contributed by atoms with E-state index in [1.54, 1.807) is 20.8 Å². The van der Waals surface area contributed by atoms with Crippen LogP contribution >= 0.6 is 11.6 Å². The molecule has 0 aliphatic carbocycles. The highest BCUT2D eigenvalue weighted by atomic mass is 35.5. The van der Waals surface area contributed by atoms with E-state index in [0.717, 1.165) is 4.90 Å². The zero-order chi connectivity index (χ0) is 13.6. The van der Waals surface area contributed by atoms with Crippen LogP contribution in [0.15, 0.2) is 0 Å². The van der Waals surface area contributed by atoms with Crippen LogP contribution in [0, 0.1) is 0 Å². The molecule has 0 aromatic heterocycles. The van der Waals surface area contributed by atoms with Crippen molar-refractivity contribution in [3.8, 4) is 0 Å². The van der Waals surface area contributed by atoms with Gasteiger partial charge in [0.2, 0.25) is 5.91 Å². The Morgan fingerprint density at radius 3 is 2.12 bits per heavy atom. The fourth-order valence-electron chi connectivity index (χ4n) is 1.01. The lowest BCUT2D eigenvalue weighted by Crippen LogP contribution is -2.42. The molecule has 0 fully saturated rings. The molecular formula is C10H16ClNO5. The second-order valence-electron chi connectivity index (χ2n) is 4.36. The van der Waals surface area contributed by atoms with Crippen LogP contribution in [-0.2, 0) is 19.1 Å². The number of halogens is 1. The lowest BCUT2D eigenvalue weighted by atomic mass is 10.2. The van der Waals surface area contributed by atoms with E-state index in [-0.39, 0.29) is 5.88 Å². The molecule has 0 aromatic carbocycles. The first-order valence-corrected chi connectivity index (χ1v) is 5.46. The molecule has 0 saturated heterocycles. The number of amides is 1. The highest BCUT2D eigenvalue weighted by molar-refractivity contribution is 6.27. The molecule has 0 atom stereocenters. The van der Waals surface area contributed by atoms with Crippen molar-refractivity contribution in [2.75, 3.05) is 19.0 Å². The van der Waals surface area contributed by atoms with Crippen molar-refractivity contribution in [2.45, 2.75) is 26.4 Å². The Hall–Kier alpha value is -1.30. The summed E-state index contributed by atoms with van der Waals surface area (Å²) >= 11 is 5.31. The van der Waals surface area contributed by atoms with E-state index < -0.39 is 36.5 Å². The monoisotopic (exact) mass is 265 g/mol. The third-order valence-corrected chi connectivity index (χ3v) is 1.76. The predicted octanol–water partition coefficient (Wildman–Crippen LogP) is 0.480. The van der Waals surface area contributed by atoms with Gasteiger partial charge in [-0.15, -0.1) is 11.6 Å². The van der Waals surface area contributed by atoms with Crippen molar-refractivity contribution in [1.29, 1.82) is 0 Å². The minimum absolute atomic E-state index is 0.379. The van der Waals surface area contributed by atoms with E-state index in [1.165, 1.54) is 0 Å². The largest absolute Gasteiger partial charge is 0.480 e. The summed E-state index contributed by atoms with van der Waals surface area (Å²) in [5.74, 6) is -2.89. The van der Waals surface area contributed by atoms with Crippen LogP contribution in [0.5, 0.6) is 0 Å². The molecule has 0 saturated carbocycles. The number of alkyl halides is 1. The van der Waals surface area contributed by atoms with Crippen molar-refractivity contribution >= 4 is 29.4 Å². The summed E-state index contributed by atoms with van der Waals surface area (Å²) in [5, 5.41) is 8.58. The molecule has 17 heavy (non-hydrogen) atoms. The van der Waals surface area contributed by atoms with Gasteiger partial charge in [0.1, 0.15) is 24.6 Å². The van der Waals surface area contributed by atoms with Crippen LogP contribution < -0.4 is 0 Å². The second-order valence-corrected chi connectivity index (χ2v) is 4.63. The Labute approximate surface area is 104 Å². The number of carbonyl (C=O) groups excluding carboxylic acids is 2. The number of carboxylic acids is 1. The number of esters is 1. The van der Waals surface area contributed by atoms with E-state index in [4.69, 9.17) is 21.4 Å². The predicted molar refractivity (Wildman–Crippen MR) is 60.8 cm³/mol. The SMILES string of the molecule is CC(C)(C)OC(=O)CN(CC(=O)O)C(=O)CCl. The van der Waals surface area contributed by atoms with E-state index in [1.807, 2.05) is 0 Å². The maximum Gasteiger partial charge on any atom is 0.326 e. The Morgan fingerprint density at radius 1 is 1.24 bits per heavy atom. The fourth-order valence-corrected chi connectivity index (χ4v) is 1.18. The number of nitrogens with zero attached hydrogens (tertiary/aromatic N) is 1. The van der Waals surface area contributed by atoms with Crippen LogP contribution in [0.4, 0.5) is 0 Å². The molecule has 98 valence electrons. The number of rotatable bonds is 5. The summed E-state index contributed by atoms with van der Waals surface area (Å²) in [5.41, 5.74) is -0.685. The molecule has 1 amide bonds. The number of carbonyl (C=O) groups is 3. The highest BCUT2D eigenvalue weighted by Crippen LogP contribution is 2.07. The van der Waals surface area contributed by atoms with Gasteiger partial charge in [-0.3, -0.25) is 14.4 Å². The van der Waals surface area contributed by atoms with E-state index in [2.05, 4.69) is 0 Å². The second kappa shape index (κ2) is 6.44. The summed E-state index contributed by atoms with van der Waals surface area (Å²) < 4.78 is 4.98. The molecular weight excluding hydrogens is 250 g/mol. The first-order chi connectivity index (χ1) is 7.65. The van der Waals surface area contributed by atoms with E-state index in [9.17, 15) is 14.4 Å². The lowest BCUT2D eigenvalue weighted by molar-refractivity contribution is -0.159.